The molecule has 2 heterocycles. The summed E-state index contributed by atoms with van der Waals surface area (Å²) in [5.41, 5.74) is 6.61. The van der Waals surface area contributed by atoms with E-state index < -0.39 is 0 Å². The summed E-state index contributed by atoms with van der Waals surface area (Å²) in [6.07, 6.45) is 3.57. The van der Waals surface area contributed by atoms with Crippen molar-refractivity contribution in [3.8, 4) is 0 Å². The van der Waals surface area contributed by atoms with Gasteiger partial charge in [0.15, 0.2) is 0 Å². The molecule has 0 saturated carbocycles. The minimum atomic E-state index is 0.0328. The van der Waals surface area contributed by atoms with Gasteiger partial charge in [0.1, 0.15) is 16.9 Å². The molecule has 0 aliphatic heterocycles. The molecule has 1 atom stereocenters. The second-order valence-electron chi connectivity index (χ2n) is 7.22. The molecule has 0 saturated heterocycles. The maximum Gasteiger partial charge on any atom is 0.230 e. The smallest absolute Gasteiger partial charge is 0.230 e. The number of aromatic amines is 1. The molecule has 0 bridgehead atoms. The first-order valence-corrected chi connectivity index (χ1v) is 10.4. The Balaban J connectivity index is 1.33. The molecule has 1 aliphatic rings. The van der Waals surface area contributed by atoms with Gasteiger partial charge in [0.05, 0.1) is 17.3 Å². The average Bonchev–Trinajstić information content (AvgIpc) is 3.28. The van der Waals surface area contributed by atoms with Gasteiger partial charge >= 0.3 is 0 Å². The standard InChI is InChI=1S/C22H20N4OS/c1-13-6-8-18-16(10-13)20-21(26-18)22(24-12-23-20)28-11-19(27)25-17-9-7-14-4-2-3-5-15(14)17/h2-6,8,10,12,17,26H,7,9,11H2,1H3,(H,25,27)/t17-/m1/s1. The number of fused-ring (bicyclic) bond motifs is 4. The van der Waals surface area contributed by atoms with Crippen LogP contribution in [0.3, 0.4) is 0 Å². The molecule has 1 aliphatic carbocycles. The van der Waals surface area contributed by atoms with Gasteiger partial charge in [-0.3, -0.25) is 4.79 Å². The SMILES string of the molecule is Cc1ccc2[nH]c3c(SCC(=O)N[C@@H]4CCc5ccccc54)ncnc3c2c1. The highest BCUT2D eigenvalue weighted by atomic mass is 32.2. The van der Waals surface area contributed by atoms with Crippen LogP contribution in [0.15, 0.2) is 53.8 Å². The van der Waals surface area contributed by atoms with Crippen molar-refractivity contribution in [3.63, 3.8) is 0 Å². The minimum absolute atomic E-state index is 0.0328. The third-order valence-electron chi connectivity index (χ3n) is 5.31. The van der Waals surface area contributed by atoms with Crippen LogP contribution in [0, 0.1) is 6.92 Å². The lowest BCUT2D eigenvalue weighted by Gasteiger charge is -2.13. The molecular formula is C22H20N4OS. The number of rotatable bonds is 4. The fourth-order valence-corrected chi connectivity index (χ4v) is 4.74. The summed E-state index contributed by atoms with van der Waals surface area (Å²) in [7, 11) is 0. The Morgan fingerprint density at radius 2 is 2.14 bits per heavy atom. The number of nitrogens with zero attached hydrogens (tertiary/aromatic N) is 2. The predicted octanol–water partition coefficient (Wildman–Crippen LogP) is 4.32. The lowest BCUT2D eigenvalue weighted by atomic mass is 10.1. The van der Waals surface area contributed by atoms with E-state index in [0.717, 1.165) is 39.8 Å². The van der Waals surface area contributed by atoms with Gasteiger partial charge in [-0.1, -0.05) is 47.7 Å². The van der Waals surface area contributed by atoms with Crippen molar-refractivity contribution in [2.45, 2.75) is 30.8 Å². The first kappa shape index (κ1) is 17.3. The molecular weight excluding hydrogens is 368 g/mol. The van der Waals surface area contributed by atoms with Crippen molar-refractivity contribution in [1.82, 2.24) is 20.3 Å². The molecule has 0 radical (unpaired) electrons. The van der Waals surface area contributed by atoms with Crippen molar-refractivity contribution < 1.29 is 4.79 Å². The van der Waals surface area contributed by atoms with Gasteiger partial charge < -0.3 is 10.3 Å². The molecule has 5 rings (SSSR count). The minimum Gasteiger partial charge on any atom is -0.351 e. The van der Waals surface area contributed by atoms with Crippen LogP contribution >= 0.6 is 11.8 Å². The Bertz CT molecular complexity index is 1200. The van der Waals surface area contributed by atoms with Gasteiger partial charge in [-0.2, -0.15) is 0 Å². The fourth-order valence-electron chi connectivity index (χ4n) is 3.97. The van der Waals surface area contributed by atoms with E-state index >= 15 is 0 Å². The second kappa shape index (κ2) is 6.95. The molecule has 5 nitrogen and oxygen atoms in total. The summed E-state index contributed by atoms with van der Waals surface area (Å²) in [4.78, 5) is 24.8. The average molecular weight is 388 g/mol. The number of nitrogens with one attached hydrogen (secondary N) is 2. The second-order valence-corrected chi connectivity index (χ2v) is 8.19. The molecule has 0 spiro atoms. The third kappa shape index (κ3) is 3.03. The van der Waals surface area contributed by atoms with Crippen LogP contribution < -0.4 is 5.32 Å². The van der Waals surface area contributed by atoms with Crippen molar-refractivity contribution in [3.05, 3.63) is 65.5 Å². The number of aromatic nitrogens is 3. The molecule has 140 valence electrons. The third-order valence-corrected chi connectivity index (χ3v) is 6.30. The largest absolute Gasteiger partial charge is 0.351 e. The van der Waals surface area contributed by atoms with Gasteiger partial charge in [-0.05, 0) is 43.0 Å². The van der Waals surface area contributed by atoms with Crippen molar-refractivity contribution >= 4 is 39.6 Å². The Morgan fingerprint density at radius 3 is 3.07 bits per heavy atom. The van der Waals surface area contributed by atoms with Gasteiger partial charge in [0.25, 0.3) is 0 Å². The van der Waals surface area contributed by atoms with Crippen LogP contribution in [0.25, 0.3) is 21.9 Å². The number of hydrogen-bond acceptors (Lipinski definition) is 4. The molecule has 6 heteroatoms. The molecule has 2 aromatic heterocycles. The summed E-state index contributed by atoms with van der Waals surface area (Å²) < 4.78 is 0. The number of benzene rings is 2. The maximum atomic E-state index is 12.5. The Labute approximate surface area is 167 Å². The highest BCUT2D eigenvalue weighted by Gasteiger charge is 2.23. The number of carbonyl (C=O) groups is 1. The molecule has 0 fully saturated rings. The van der Waals surface area contributed by atoms with Gasteiger partial charge in [0, 0.05) is 10.9 Å². The summed E-state index contributed by atoms with van der Waals surface area (Å²) >= 11 is 1.45. The van der Waals surface area contributed by atoms with E-state index in [-0.39, 0.29) is 11.9 Å². The molecule has 2 N–H and O–H groups in total. The van der Waals surface area contributed by atoms with Crippen molar-refractivity contribution in [1.29, 1.82) is 0 Å². The highest BCUT2D eigenvalue weighted by molar-refractivity contribution is 8.00. The van der Waals surface area contributed by atoms with E-state index in [1.807, 2.05) is 6.07 Å². The Hall–Kier alpha value is -2.86. The maximum absolute atomic E-state index is 12.5. The van der Waals surface area contributed by atoms with E-state index in [4.69, 9.17) is 0 Å². The van der Waals surface area contributed by atoms with Crippen molar-refractivity contribution in [2.24, 2.45) is 0 Å². The van der Waals surface area contributed by atoms with E-state index in [1.54, 1.807) is 6.33 Å². The number of carbonyl (C=O) groups excluding carboxylic acids is 1. The molecule has 0 unspecified atom stereocenters. The van der Waals surface area contributed by atoms with Crippen LogP contribution in [0.2, 0.25) is 0 Å². The molecule has 4 aromatic rings. The highest BCUT2D eigenvalue weighted by Crippen LogP contribution is 2.32. The van der Waals surface area contributed by atoms with Gasteiger partial charge in [0.2, 0.25) is 5.91 Å². The van der Waals surface area contributed by atoms with E-state index in [0.29, 0.717) is 5.75 Å². The van der Waals surface area contributed by atoms with Crippen LogP contribution in [-0.2, 0) is 11.2 Å². The lowest BCUT2D eigenvalue weighted by Crippen LogP contribution is -2.28. The number of H-pyrrole nitrogens is 1. The lowest BCUT2D eigenvalue weighted by molar-refractivity contribution is -0.119. The topological polar surface area (TPSA) is 70.7 Å². The van der Waals surface area contributed by atoms with Gasteiger partial charge in [-0.15, -0.1) is 0 Å². The van der Waals surface area contributed by atoms with Crippen LogP contribution in [0.4, 0.5) is 0 Å². The number of aryl methyl sites for hydroxylation is 2. The van der Waals surface area contributed by atoms with E-state index in [2.05, 4.69) is 63.6 Å². The first-order chi connectivity index (χ1) is 13.7. The monoisotopic (exact) mass is 388 g/mol. The van der Waals surface area contributed by atoms with E-state index in [9.17, 15) is 4.79 Å². The Kier molecular flexibility index (Phi) is 4.28. The van der Waals surface area contributed by atoms with Crippen LogP contribution in [0.1, 0.15) is 29.2 Å². The van der Waals surface area contributed by atoms with Crippen LogP contribution in [-0.4, -0.2) is 26.6 Å². The number of amides is 1. The fraction of sp³-hybridized carbons (Fsp3) is 0.227. The predicted molar refractivity (Wildman–Crippen MR) is 113 cm³/mol. The summed E-state index contributed by atoms with van der Waals surface area (Å²) in [6.45, 7) is 2.07. The van der Waals surface area contributed by atoms with Gasteiger partial charge in [-0.25, -0.2) is 9.97 Å². The first-order valence-electron chi connectivity index (χ1n) is 9.42. The summed E-state index contributed by atoms with van der Waals surface area (Å²) in [5, 5.41) is 5.07. The summed E-state index contributed by atoms with van der Waals surface area (Å²) in [6, 6.07) is 14.7. The van der Waals surface area contributed by atoms with Crippen LogP contribution in [0.5, 0.6) is 0 Å². The molecule has 2 aromatic carbocycles. The zero-order valence-electron chi connectivity index (χ0n) is 15.5. The number of thioether (sulfide) groups is 1. The quantitative estimate of drug-likeness (QED) is 0.404. The zero-order chi connectivity index (χ0) is 19.1. The Morgan fingerprint density at radius 1 is 1.25 bits per heavy atom. The molecule has 1 amide bonds. The number of hydrogen-bond donors (Lipinski definition) is 2. The molecule has 28 heavy (non-hydrogen) atoms. The summed E-state index contributed by atoms with van der Waals surface area (Å²) in [5.74, 6) is 0.365. The zero-order valence-corrected chi connectivity index (χ0v) is 16.3. The van der Waals surface area contributed by atoms with E-state index in [1.165, 1.54) is 28.5 Å². The van der Waals surface area contributed by atoms with Crippen molar-refractivity contribution in [2.75, 3.05) is 5.75 Å². The normalized spacial score (nSPS) is 15.8.